The number of unbranched alkanes of at least 4 members (excludes halogenated alkanes) is 2. The molecule has 1 aromatic carbocycles. The van der Waals surface area contributed by atoms with Crippen LogP contribution in [0.15, 0.2) is 24.3 Å². The highest BCUT2D eigenvalue weighted by Crippen LogP contribution is 2.37. The van der Waals surface area contributed by atoms with Crippen LogP contribution in [-0.2, 0) is 6.42 Å². The molecule has 1 fully saturated rings. The minimum Gasteiger partial charge on any atom is -0.0924 e. The molecule has 2 rings (SSSR count). The van der Waals surface area contributed by atoms with Gasteiger partial charge in [0.25, 0.3) is 0 Å². The highest BCUT2D eigenvalue weighted by Gasteiger charge is 2.21. The van der Waals surface area contributed by atoms with Crippen molar-refractivity contribution in [3.8, 4) is 0 Å². The first kappa shape index (κ1) is 16.1. The standard InChI is InChI=1S/C19H29Br/c1-2-3-4-5-16-6-10-18(11-7-16)19-12-8-17(9-13-19)14-15-20/h8-9,12-13,16,18H,2-7,10-11,14-15H2,1H3. The second-order valence-electron chi connectivity index (χ2n) is 6.39. The molecule has 0 nitrogen and oxygen atoms in total. The molecule has 0 amide bonds. The van der Waals surface area contributed by atoms with E-state index in [2.05, 4.69) is 47.1 Å². The summed E-state index contributed by atoms with van der Waals surface area (Å²) in [5, 5.41) is 1.06. The summed E-state index contributed by atoms with van der Waals surface area (Å²) in [6.45, 7) is 2.30. The van der Waals surface area contributed by atoms with Crippen LogP contribution in [0.3, 0.4) is 0 Å². The molecule has 112 valence electrons. The van der Waals surface area contributed by atoms with E-state index < -0.39 is 0 Å². The summed E-state index contributed by atoms with van der Waals surface area (Å²) in [5.74, 6) is 1.85. The van der Waals surface area contributed by atoms with Gasteiger partial charge in [0, 0.05) is 5.33 Å². The molecule has 0 radical (unpaired) electrons. The first-order valence-corrected chi connectivity index (χ1v) is 9.60. The molecule has 0 aromatic heterocycles. The van der Waals surface area contributed by atoms with Gasteiger partial charge in [-0.3, -0.25) is 0 Å². The van der Waals surface area contributed by atoms with Crippen LogP contribution in [0.25, 0.3) is 0 Å². The van der Waals surface area contributed by atoms with E-state index in [1.54, 1.807) is 5.56 Å². The Morgan fingerprint density at radius 1 is 1.00 bits per heavy atom. The highest BCUT2D eigenvalue weighted by molar-refractivity contribution is 9.09. The van der Waals surface area contributed by atoms with Gasteiger partial charge in [-0.25, -0.2) is 0 Å². The second kappa shape index (κ2) is 8.87. The maximum Gasteiger partial charge on any atom is 0.00718 e. The van der Waals surface area contributed by atoms with Crippen molar-refractivity contribution in [1.82, 2.24) is 0 Å². The molecule has 1 saturated carbocycles. The van der Waals surface area contributed by atoms with E-state index >= 15 is 0 Å². The van der Waals surface area contributed by atoms with E-state index in [1.165, 1.54) is 56.9 Å². The Morgan fingerprint density at radius 3 is 2.30 bits per heavy atom. The highest BCUT2D eigenvalue weighted by atomic mass is 79.9. The Hall–Kier alpha value is -0.300. The predicted molar refractivity (Wildman–Crippen MR) is 92.8 cm³/mol. The molecule has 0 atom stereocenters. The lowest BCUT2D eigenvalue weighted by Crippen LogP contribution is -2.13. The summed E-state index contributed by atoms with van der Waals surface area (Å²) >= 11 is 3.51. The third kappa shape index (κ3) is 4.91. The van der Waals surface area contributed by atoms with E-state index in [1.807, 2.05) is 0 Å². The van der Waals surface area contributed by atoms with Gasteiger partial charge in [0.15, 0.2) is 0 Å². The van der Waals surface area contributed by atoms with Gasteiger partial charge in [0.05, 0.1) is 0 Å². The zero-order valence-electron chi connectivity index (χ0n) is 12.9. The molecule has 0 spiro atoms. The topological polar surface area (TPSA) is 0 Å². The van der Waals surface area contributed by atoms with Crippen molar-refractivity contribution in [2.45, 2.75) is 70.6 Å². The van der Waals surface area contributed by atoms with E-state index in [0.717, 1.165) is 23.6 Å². The molecule has 0 bridgehead atoms. The van der Waals surface area contributed by atoms with Gasteiger partial charge in [-0.15, -0.1) is 0 Å². The van der Waals surface area contributed by atoms with Crippen molar-refractivity contribution in [1.29, 1.82) is 0 Å². The second-order valence-corrected chi connectivity index (χ2v) is 7.19. The largest absolute Gasteiger partial charge is 0.0924 e. The fourth-order valence-electron chi connectivity index (χ4n) is 3.53. The zero-order valence-corrected chi connectivity index (χ0v) is 14.5. The molecule has 1 heteroatoms. The monoisotopic (exact) mass is 336 g/mol. The van der Waals surface area contributed by atoms with Crippen LogP contribution in [0.2, 0.25) is 0 Å². The Morgan fingerprint density at radius 2 is 1.70 bits per heavy atom. The molecule has 0 aliphatic heterocycles. The molecule has 1 aromatic rings. The average molecular weight is 337 g/mol. The van der Waals surface area contributed by atoms with Gasteiger partial charge in [-0.1, -0.05) is 72.8 Å². The fraction of sp³-hybridized carbons (Fsp3) is 0.684. The maximum absolute atomic E-state index is 3.51. The first-order chi connectivity index (χ1) is 9.83. The summed E-state index contributed by atoms with van der Waals surface area (Å²) in [6.07, 6.45) is 12.6. The van der Waals surface area contributed by atoms with E-state index in [9.17, 15) is 0 Å². The summed E-state index contributed by atoms with van der Waals surface area (Å²) in [5.41, 5.74) is 3.04. The van der Waals surface area contributed by atoms with Crippen LogP contribution in [0.1, 0.15) is 75.3 Å². The van der Waals surface area contributed by atoms with Crippen LogP contribution in [0, 0.1) is 5.92 Å². The summed E-state index contributed by atoms with van der Waals surface area (Å²) in [6, 6.07) is 9.40. The fourth-order valence-corrected chi connectivity index (χ4v) is 3.99. The molecule has 0 unspecified atom stereocenters. The number of halogens is 1. The molecular weight excluding hydrogens is 308 g/mol. The third-order valence-corrected chi connectivity index (χ3v) is 5.29. The summed E-state index contributed by atoms with van der Waals surface area (Å²) < 4.78 is 0. The third-order valence-electron chi connectivity index (χ3n) is 4.90. The van der Waals surface area contributed by atoms with Crippen molar-refractivity contribution < 1.29 is 0 Å². The first-order valence-electron chi connectivity index (χ1n) is 8.48. The minimum atomic E-state index is 0.829. The van der Waals surface area contributed by atoms with Gasteiger partial charge < -0.3 is 0 Å². The number of aryl methyl sites for hydroxylation is 1. The van der Waals surface area contributed by atoms with Crippen molar-refractivity contribution in [3.05, 3.63) is 35.4 Å². The SMILES string of the molecule is CCCCCC1CCC(c2ccc(CCBr)cc2)CC1. The molecule has 0 heterocycles. The average Bonchev–Trinajstić information content (AvgIpc) is 2.49. The number of alkyl halides is 1. The van der Waals surface area contributed by atoms with Gasteiger partial charge >= 0.3 is 0 Å². The Kier molecular flexibility index (Phi) is 7.13. The van der Waals surface area contributed by atoms with Crippen LogP contribution < -0.4 is 0 Å². The number of hydrogen-bond acceptors (Lipinski definition) is 0. The summed E-state index contributed by atoms with van der Waals surface area (Å²) in [4.78, 5) is 0. The molecule has 1 aliphatic carbocycles. The lowest BCUT2D eigenvalue weighted by molar-refractivity contribution is 0.303. The Balaban J connectivity index is 1.78. The molecular formula is C19H29Br. The number of rotatable bonds is 7. The zero-order chi connectivity index (χ0) is 14.2. The van der Waals surface area contributed by atoms with E-state index in [4.69, 9.17) is 0 Å². The Labute approximate surface area is 133 Å². The van der Waals surface area contributed by atoms with E-state index in [-0.39, 0.29) is 0 Å². The van der Waals surface area contributed by atoms with E-state index in [0.29, 0.717) is 0 Å². The summed E-state index contributed by atoms with van der Waals surface area (Å²) in [7, 11) is 0. The van der Waals surface area contributed by atoms with Crippen LogP contribution >= 0.6 is 15.9 Å². The lowest BCUT2D eigenvalue weighted by Gasteiger charge is -2.29. The lowest BCUT2D eigenvalue weighted by atomic mass is 9.77. The molecule has 20 heavy (non-hydrogen) atoms. The smallest absolute Gasteiger partial charge is 0.00718 e. The van der Waals surface area contributed by atoms with Crippen molar-refractivity contribution in [2.75, 3.05) is 5.33 Å². The predicted octanol–water partition coefficient (Wildman–Crippen LogP) is 6.48. The minimum absolute atomic E-state index is 0.829. The molecule has 0 saturated heterocycles. The van der Waals surface area contributed by atoms with Crippen molar-refractivity contribution in [3.63, 3.8) is 0 Å². The van der Waals surface area contributed by atoms with Gasteiger partial charge in [-0.05, 0) is 55.1 Å². The van der Waals surface area contributed by atoms with Crippen molar-refractivity contribution >= 4 is 15.9 Å². The van der Waals surface area contributed by atoms with Gasteiger partial charge in [0.2, 0.25) is 0 Å². The molecule has 1 aliphatic rings. The maximum atomic E-state index is 3.51. The van der Waals surface area contributed by atoms with Gasteiger partial charge in [0.1, 0.15) is 0 Å². The number of benzene rings is 1. The van der Waals surface area contributed by atoms with Gasteiger partial charge in [-0.2, -0.15) is 0 Å². The normalized spacial score (nSPS) is 22.9. The van der Waals surface area contributed by atoms with Crippen molar-refractivity contribution in [2.24, 2.45) is 5.92 Å². The van der Waals surface area contributed by atoms with Crippen LogP contribution in [-0.4, -0.2) is 5.33 Å². The number of hydrogen-bond donors (Lipinski definition) is 0. The molecule has 0 N–H and O–H groups in total. The van der Waals surface area contributed by atoms with Crippen LogP contribution in [0.4, 0.5) is 0 Å². The Bertz CT molecular complexity index is 360. The van der Waals surface area contributed by atoms with Crippen LogP contribution in [0.5, 0.6) is 0 Å². The quantitative estimate of drug-likeness (QED) is 0.395.